The molecular formula is C9H8ClIN4OS. The molecule has 0 aromatic carbocycles. The minimum Gasteiger partial charge on any atom is -0.378 e. The van der Waals surface area contributed by atoms with E-state index in [9.17, 15) is 0 Å². The number of thiazole rings is 1. The molecular weight excluding hydrogens is 375 g/mol. The average molecular weight is 383 g/mol. The van der Waals surface area contributed by atoms with Gasteiger partial charge in [-0.25, -0.2) is 9.97 Å². The number of hydrogen-bond donors (Lipinski definition) is 0. The first-order chi connectivity index (χ1) is 8.24. The van der Waals surface area contributed by atoms with Gasteiger partial charge in [0, 0.05) is 13.1 Å². The maximum Gasteiger partial charge on any atom is 0.225 e. The van der Waals surface area contributed by atoms with Crippen LogP contribution in [0.15, 0.2) is 0 Å². The van der Waals surface area contributed by atoms with Gasteiger partial charge in [0.05, 0.1) is 13.2 Å². The highest BCUT2D eigenvalue weighted by Crippen LogP contribution is 2.30. The Balaban J connectivity index is 2.12. The molecule has 1 saturated heterocycles. The van der Waals surface area contributed by atoms with Crippen LogP contribution in [0, 0.1) is 3.01 Å². The predicted octanol–water partition coefficient (Wildman–Crippen LogP) is 2.18. The number of fused-ring (bicyclic) bond motifs is 1. The average Bonchev–Trinajstić information content (AvgIpc) is 2.69. The van der Waals surface area contributed by atoms with Gasteiger partial charge in [0.2, 0.25) is 5.28 Å². The largest absolute Gasteiger partial charge is 0.378 e. The van der Waals surface area contributed by atoms with Crippen molar-refractivity contribution in [3.8, 4) is 0 Å². The van der Waals surface area contributed by atoms with E-state index in [0.29, 0.717) is 13.2 Å². The van der Waals surface area contributed by atoms with Crippen molar-refractivity contribution in [3.63, 3.8) is 0 Å². The van der Waals surface area contributed by atoms with Crippen LogP contribution >= 0.6 is 45.5 Å². The minimum absolute atomic E-state index is 0.277. The van der Waals surface area contributed by atoms with Crippen LogP contribution in [-0.2, 0) is 4.74 Å². The number of ether oxygens (including phenoxy) is 1. The normalized spacial score (nSPS) is 16.7. The summed E-state index contributed by atoms with van der Waals surface area (Å²) in [7, 11) is 0. The van der Waals surface area contributed by atoms with Crippen molar-refractivity contribution in [2.45, 2.75) is 0 Å². The summed E-state index contributed by atoms with van der Waals surface area (Å²) in [4.78, 5) is 16.0. The lowest BCUT2D eigenvalue weighted by atomic mass is 10.4. The van der Waals surface area contributed by atoms with Crippen molar-refractivity contribution in [2.24, 2.45) is 0 Å². The molecule has 2 aromatic rings. The molecule has 0 atom stereocenters. The second-order valence-corrected chi connectivity index (χ2v) is 6.61. The van der Waals surface area contributed by atoms with Gasteiger partial charge >= 0.3 is 0 Å². The summed E-state index contributed by atoms with van der Waals surface area (Å²) < 4.78 is 6.28. The number of aromatic nitrogens is 3. The summed E-state index contributed by atoms with van der Waals surface area (Å²) in [6.07, 6.45) is 0. The Bertz CT molecular complexity index is 557. The molecule has 0 spiro atoms. The zero-order chi connectivity index (χ0) is 11.8. The molecule has 0 bridgehead atoms. The van der Waals surface area contributed by atoms with Gasteiger partial charge < -0.3 is 9.64 Å². The van der Waals surface area contributed by atoms with Gasteiger partial charge in [-0.15, -0.1) is 0 Å². The van der Waals surface area contributed by atoms with Crippen LogP contribution in [0.5, 0.6) is 0 Å². The Morgan fingerprint density at radius 3 is 2.76 bits per heavy atom. The molecule has 0 unspecified atom stereocenters. The highest BCUT2D eigenvalue weighted by atomic mass is 127. The van der Waals surface area contributed by atoms with Crippen molar-refractivity contribution < 1.29 is 4.74 Å². The number of morpholine rings is 1. The first-order valence-corrected chi connectivity index (χ1v) is 7.33. The van der Waals surface area contributed by atoms with E-state index >= 15 is 0 Å². The Labute approximate surface area is 120 Å². The fourth-order valence-corrected chi connectivity index (χ4v) is 3.50. The molecule has 5 nitrogen and oxygen atoms in total. The van der Waals surface area contributed by atoms with Gasteiger partial charge in [0.15, 0.2) is 13.7 Å². The molecule has 0 amide bonds. The number of halogens is 2. The van der Waals surface area contributed by atoms with Crippen LogP contribution in [0.1, 0.15) is 0 Å². The summed E-state index contributed by atoms with van der Waals surface area (Å²) in [5.41, 5.74) is 0.839. The van der Waals surface area contributed by atoms with Crippen LogP contribution in [0.3, 0.4) is 0 Å². The molecule has 0 saturated carbocycles. The Hall–Kier alpha value is -0.250. The molecule has 2 aromatic heterocycles. The highest BCUT2D eigenvalue weighted by Gasteiger charge is 2.19. The monoisotopic (exact) mass is 382 g/mol. The Morgan fingerprint density at radius 2 is 2.00 bits per heavy atom. The van der Waals surface area contributed by atoms with E-state index < -0.39 is 0 Å². The lowest BCUT2D eigenvalue weighted by Crippen LogP contribution is -2.37. The summed E-state index contributed by atoms with van der Waals surface area (Å²) in [5.74, 6) is 0.822. The molecule has 3 heterocycles. The Morgan fingerprint density at radius 1 is 1.24 bits per heavy atom. The number of hydrogen-bond acceptors (Lipinski definition) is 6. The fourth-order valence-electron chi connectivity index (χ4n) is 1.75. The van der Waals surface area contributed by atoms with E-state index in [-0.39, 0.29) is 5.28 Å². The zero-order valence-electron chi connectivity index (χ0n) is 8.69. The molecule has 0 N–H and O–H groups in total. The number of nitrogens with zero attached hydrogens (tertiary/aromatic N) is 4. The summed E-state index contributed by atoms with van der Waals surface area (Å²) in [5, 5.41) is 0.277. The topological polar surface area (TPSA) is 51.1 Å². The van der Waals surface area contributed by atoms with E-state index in [1.807, 2.05) is 0 Å². The van der Waals surface area contributed by atoms with Crippen molar-refractivity contribution in [1.29, 1.82) is 0 Å². The van der Waals surface area contributed by atoms with Crippen LogP contribution < -0.4 is 4.90 Å². The molecule has 3 rings (SSSR count). The van der Waals surface area contributed by atoms with Gasteiger partial charge in [0.1, 0.15) is 5.52 Å². The van der Waals surface area contributed by atoms with Gasteiger partial charge in [-0.3, -0.25) is 0 Å². The maximum absolute atomic E-state index is 5.95. The van der Waals surface area contributed by atoms with Crippen molar-refractivity contribution in [2.75, 3.05) is 31.2 Å². The summed E-state index contributed by atoms with van der Waals surface area (Å²) in [6.45, 7) is 3.06. The van der Waals surface area contributed by atoms with E-state index in [0.717, 1.165) is 32.3 Å². The van der Waals surface area contributed by atoms with E-state index in [1.54, 1.807) is 0 Å². The van der Waals surface area contributed by atoms with E-state index in [1.165, 1.54) is 11.3 Å². The molecule has 17 heavy (non-hydrogen) atoms. The Kier molecular flexibility index (Phi) is 3.33. The van der Waals surface area contributed by atoms with Crippen molar-refractivity contribution in [3.05, 3.63) is 8.30 Å². The second-order valence-electron chi connectivity index (χ2n) is 3.54. The maximum atomic E-state index is 5.95. The predicted molar refractivity (Wildman–Crippen MR) is 76.0 cm³/mol. The van der Waals surface area contributed by atoms with E-state index in [2.05, 4.69) is 42.4 Å². The molecule has 0 radical (unpaired) electrons. The lowest BCUT2D eigenvalue weighted by molar-refractivity contribution is 0.122. The van der Waals surface area contributed by atoms with Crippen LogP contribution in [-0.4, -0.2) is 41.3 Å². The van der Waals surface area contributed by atoms with Gasteiger partial charge in [-0.1, -0.05) is 11.3 Å². The minimum atomic E-state index is 0.277. The third kappa shape index (κ3) is 2.33. The molecule has 90 valence electrons. The molecule has 1 aliphatic heterocycles. The van der Waals surface area contributed by atoms with Gasteiger partial charge in [-0.05, 0) is 34.2 Å². The van der Waals surface area contributed by atoms with Crippen LogP contribution in [0.2, 0.25) is 5.28 Å². The second kappa shape index (κ2) is 4.79. The highest BCUT2D eigenvalue weighted by molar-refractivity contribution is 14.1. The smallest absolute Gasteiger partial charge is 0.225 e. The fraction of sp³-hybridized carbons (Fsp3) is 0.444. The quantitative estimate of drug-likeness (QED) is 0.559. The lowest BCUT2D eigenvalue weighted by Gasteiger charge is -2.27. The molecule has 8 heteroatoms. The summed E-state index contributed by atoms with van der Waals surface area (Å²) in [6, 6.07) is 0. The molecule has 1 aliphatic rings. The van der Waals surface area contributed by atoms with Crippen molar-refractivity contribution >= 4 is 61.7 Å². The SMILES string of the molecule is Clc1nc(N2CCOCC2)c2nc(I)sc2n1. The molecule has 1 fully saturated rings. The first kappa shape index (κ1) is 11.8. The van der Waals surface area contributed by atoms with Crippen LogP contribution in [0.25, 0.3) is 10.3 Å². The number of rotatable bonds is 1. The zero-order valence-corrected chi connectivity index (χ0v) is 12.4. The first-order valence-electron chi connectivity index (χ1n) is 5.06. The third-order valence-electron chi connectivity index (χ3n) is 2.50. The standard InChI is InChI=1S/C9H8ClIN4OS/c10-8-13-6(15-1-3-16-4-2-15)5-7(14-8)17-9(11)12-5/h1-4H2. The third-order valence-corrected chi connectivity index (χ3v) is 4.31. The van der Waals surface area contributed by atoms with Crippen LogP contribution in [0.4, 0.5) is 5.82 Å². The molecule has 0 aliphatic carbocycles. The number of anilines is 1. The van der Waals surface area contributed by atoms with E-state index in [4.69, 9.17) is 16.3 Å². The summed E-state index contributed by atoms with van der Waals surface area (Å²) >= 11 is 9.66. The van der Waals surface area contributed by atoms with Crippen molar-refractivity contribution in [1.82, 2.24) is 15.0 Å². The van der Waals surface area contributed by atoms with Gasteiger partial charge in [0.25, 0.3) is 0 Å². The van der Waals surface area contributed by atoms with Gasteiger partial charge in [-0.2, -0.15) is 4.98 Å².